The van der Waals surface area contributed by atoms with Gasteiger partial charge in [0.15, 0.2) is 0 Å². The Labute approximate surface area is 255 Å². The Morgan fingerprint density at radius 2 is 0.455 bits per heavy atom. The molecular weight excluding hydrogens is 552 g/mol. The van der Waals surface area contributed by atoms with Crippen LogP contribution in [-0.2, 0) is 0 Å². The van der Waals surface area contributed by atoms with Crippen LogP contribution >= 0.6 is 0 Å². The number of rotatable bonds is 9. The zero-order valence-corrected chi connectivity index (χ0v) is 23.6. The molecule has 0 aromatic heterocycles. The summed E-state index contributed by atoms with van der Waals surface area (Å²) >= 11 is 0. The minimum Gasteiger partial charge on any atom is -0.508 e. The average Bonchev–Trinajstić information content (AvgIpc) is 3.04. The number of aromatic hydroxyl groups is 4. The molecule has 0 aliphatic rings. The zero-order valence-electron chi connectivity index (χ0n) is 23.6. The summed E-state index contributed by atoms with van der Waals surface area (Å²) in [4.78, 5) is 0. The van der Waals surface area contributed by atoms with Crippen LogP contribution in [0.15, 0.2) is 146 Å². The number of ether oxygens (including phenoxy) is 2. The molecule has 0 amide bonds. The van der Waals surface area contributed by atoms with Crippen LogP contribution in [0.1, 0.15) is 34.1 Å². The van der Waals surface area contributed by atoms with Crippen molar-refractivity contribution in [3.8, 4) is 46.0 Å². The Balaban J connectivity index is 1.40. The van der Waals surface area contributed by atoms with Crippen molar-refractivity contribution in [3.05, 3.63) is 168 Å². The molecule has 6 heteroatoms. The highest BCUT2D eigenvalue weighted by Crippen LogP contribution is 2.44. The molecule has 0 radical (unpaired) electrons. The largest absolute Gasteiger partial charge is 0.508 e. The smallest absolute Gasteiger partial charge is 0.127 e. The van der Waals surface area contributed by atoms with Gasteiger partial charge in [0.2, 0.25) is 0 Å². The summed E-state index contributed by atoms with van der Waals surface area (Å²) < 4.78 is 12.0. The van der Waals surface area contributed by atoms with Crippen LogP contribution in [0.3, 0.4) is 0 Å². The minimum absolute atomic E-state index is 0.171. The van der Waals surface area contributed by atoms with Crippen molar-refractivity contribution in [2.45, 2.75) is 11.8 Å². The number of benzene rings is 6. The Morgan fingerprint density at radius 3 is 0.705 bits per heavy atom. The van der Waals surface area contributed by atoms with Gasteiger partial charge in [-0.05, 0) is 119 Å². The molecule has 6 aromatic rings. The summed E-state index contributed by atoms with van der Waals surface area (Å²) in [6.45, 7) is 0. The lowest BCUT2D eigenvalue weighted by atomic mass is 9.73. The van der Waals surface area contributed by atoms with E-state index in [-0.39, 0.29) is 34.8 Å². The van der Waals surface area contributed by atoms with Gasteiger partial charge in [0.05, 0.1) is 0 Å². The highest BCUT2D eigenvalue weighted by molar-refractivity contribution is 5.49. The van der Waals surface area contributed by atoms with Gasteiger partial charge in [-0.1, -0.05) is 48.5 Å². The van der Waals surface area contributed by atoms with Gasteiger partial charge in [-0.2, -0.15) is 0 Å². The van der Waals surface area contributed by atoms with Crippen LogP contribution in [0, 0.1) is 0 Å². The quantitative estimate of drug-likeness (QED) is 0.136. The Bertz CT molecular complexity index is 1660. The molecule has 4 N–H and O–H groups in total. The van der Waals surface area contributed by atoms with Gasteiger partial charge < -0.3 is 29.9 Å². The molecule has 0 saturated heterocycles. The normalized spacial score (nSPS) is 11.0. The maximum atomic E-state index is 10.1. The van der Waals surface area contributed by atoms with E-state index in [1.54, 1.807) is 72.8 Å². The third-order valence-electron chi connectivity index (χ3n) is 7.46. The van der Waals surface area contributed by atoms with Gasteiger partial charge in [0.25, 0.3) is 0 Å². The molecule has 6 aromatic carbocycles. The van der Waals surface area contributed by atoms with Gasteiger partial charge in [-0.15, -0.1) is 0 Å². The van der Waals surface area contributed by atoms with E-state index in [0.29, 0.717) is 23.0 Å². The maximum absolute atomic E-state index is 10.1. The topological polar surface area (TPSA) is 99.4 Å². The first-order valence-corrected chi connectivity index (χ1v) is 14.1. The van der Waals surface area contributed by atoms with Crippen molar-refractivity contribution >= 4 is 0 Å². The van der Waals surface area contributed by atoms with Gasteiger partial charge in [0.1, 0.15) is 46.0 Å². The molecule has 0 aliphatic carbocycles. The van der Waals surface area contributed by atoms with Crippen LogP contribution in [0.5, 0.6) is 46.0 Å². The van der Waals surface area contributed by atoms with Crippen molar-refractivity contribution in [1.29, 1.82) is 0 Å². The molecule has 0 fully saturated rings. The zero-order chi connectivity index (χ0) is 30.5. The average molecular weight is 583 g/mol. The molecule has 0 heterocycles. The van der Waals surface area contributed by atoms with Crippen molar-refractivity contribution in [2.75, 3.05) is 0 Å². The SMILES string of the molecule is Oc1ccc(Oc2ccc(C(c3ccc(Oc4ccc(O)cc4)cc3)C(c3ccc(O)cc3)c3ccc(O)cc3)cc2)cc1. The fourth-order valence-corrected chi connectivity index (χ4v) is 5.30. The second-order valence-electron chi connectivity index (χ2n) is 10.5. The Hall–Kier alpha value is -5.88. The standard InChI is InChI=1S/C38H30O6/c39-29-9-1-25(2-10-29)37(26-3-11-30(40)12-4-26)38(27-5-17-33(18-6-27)43-35-21-13-31(41)14-22-35)28-7-19-34(20-8-28)44-36-23-15-32(42)16-24-36/h1-24,37-42H. The summed E-state index contributed by atoms with van der Waals surface area (Å²) in [5.41, 5.74) is 4.04. The van der Waals surface area contributed by atoms with Gasteiger partial charge in [0, 0.05) is 11.8 Å². The highest BCUT2D eigenvalue weighted by atomic mass is 16.5. The van der Waals surface area contributed by atoms with Crippen LogP contribution in [0.4, 0.5) is 0 Å². The summed E-state index contributed by atoms with van der Waals surface area (Å²) in [7, 11) is 0. The molecule has 0 aliphatic heterocycles. The summed E-state index contributed by atoms with van der Waals surface area (Å²) in [5.74, 6) is 2.89. The predicted molar refractivity (Wildman–Crippen MR) is 169 cm³/mol. The Morgan fingerprint density at radius 1 is 0.273 bits per heavy atom. The molecule has 218 valence electrons. The van der Waals surface area contributed by atoms with Crippen molar-refractivity contribution in [2.24, 2.45) is 0 Å². The van der Waals surface area contributed by atoms with E-state index in [0.717, 1.165) is 22.3 Å². The van der Waals surface area contributed by atoms with E-state index < -0.39 is 0 Å². The van der Waals surface area contributed by atoms with Crippen LogP contribution < -0.4 is 9.47 Å². The van der Waals surface area contributed by atoms with E-state index in [1.165, 1.54) is 0 Å². The molecule has 0 atom stereocenters. The fraction of sp³-hybridized carbons (Fsp3) is 0.0526. The lowest BCUT2D eigenvalue weighted by Crippen LogP contribution is -2.15. The first kappa shape index (κ1) is 28.2. The first-order valence-electron chi connectivity index (χ1n) is 14.1. The van der Waals surface area contributed by atoms with Gasteiger partial charge >= 0.3 is 0 Å². The van der Waals surface area contributed by atoms with E-state index in [9.17, 15) is 20.4 Å². The minimum atomic E-state index is -0.177. The van der Waals surface area contributed by atoms with E-state index >= 15 is 0 Å². The number of hydrogen-bond acceptors (Lipinski definition) is 6. The number of phenolic OH excluding ortho intramolecular Hbond substituents is 4. The molecule has 6 rings (SSSR count). The third kappa shape index (κ3) is 6.61. The third-order valence-corrected chi connectivity index (χ3v) is 7.46. The van der Waals surface area contributed by atoms with Crippen molar-refractivity contribution < 1.29 is 29.9 Å². The van der Waals surface area contributed by atoms with Gasteiger partial charge in [-0.25, -0.2) is 0 Å². The molecule has 0 unspecified atom stereocenters. The van der Waals surface area contributed by atoms with Crippen LogP contribution in [0.25, 0.3) is 0 Å². The second-order valence-corrected chi connectivity index (χ2v) is 10.5. The van der Waals surface area contributed by atoms with Gasteiger partial charge in [-0.3, -0.25) is 0 Å². The molecular formula is C38H30O6. The summed E-state index contributed by atoms with van der Waals surface area (Å²) in [6.07, 6.45) is 0. The van der Waals surface area contributed by atoms with Crippen molar-refractivity contribution in [1.82, 2.24) is 0 Å². The predicted octanol–water partition coefficient (Wildman–Crippen LogP) is 9.06. The lowest BCUT2D eigenvalue weighted by molar-refractivity contribution is 0.464. The lowest BCUT2D eigenvalue weighted by Gasteiger charge is -2.30. The highest BCUT2D eigenvalue weighted by Gasteiger charge is 2.28. The molecule has 6 nitrogen and oxygen atoms in total. The summed E-state index contributed by atoms with van der Waals surface area (Å²) in [6, 6.07) is 43.4. The van der Waals surface area contributed by atoms with E-state index in [2.05, 4.69) is 0 Å². The van der Waals surface area contributed by atoms with E-state index in [1.807, 2.05) is 72.8 Å². The summed E-state index contributed by atoms with van der Waals surface area (Å²) in [5, 5.41) is 39.3. The maximum Gasteiger partial charge on any atom is 0.127 e. The second kappa shape index (κ2) is 12.5. The molecule has 44 heavy (non-hydrogen) atoms. The fourth-order valence-electron chi connectivity index (χ4n) is 5.30. The van der Waals surface area contributed by atoms with Crippen molar-refractivity contribution in [3.63, 3.8) is 0 Å². The Kier molecular flexibility index (Phi) is 8.06. The number of phenols is 4. The molecule has 0 bridgehead atoms. The monoisotopic (exact) mass is 582 g/mol. The van der Waals surface area contributed by atoms with Crippen LogP contribution in [0.2, 0.25) is 0 Å². The number of hydrogen-bond donors (Lipinski definition) is 4. The molecule has 0 spiro atoms. The van der Waals surface area contributed by atoms with Crippen LogP contribution in [-0.4, -0.2) is 20.4 Å². The van der Waals surface area contributed by atoms with E-state index in [4.69, 9.17) is 9.47 Å². The first-order chi connectivity index (χ1) is 21.4. The molecule has 0 saturated carbocycles.